The van der Waals surface area contributed by atoms with Crippen LogP contribution in [0.3, 0.4) is 0 Å². The molecule has 1 aliphatic heterocycles. The number of aliphatic imine (C=N–C) groups is 1. The Labute approximate surface area is 303 Å². The van der Waals surface area contributed by atoms with Crippen LogP contribution < -0.4 is 14.8 Å². The molecular weight excluding hydrogens is 681 g/mol. The van der Waals surface area contributed by atoms with E-state index in [-0.39, 0.29) is 36.2 Å². The van der Waals surface area contributed by atoms with Gasteiger partial charge in [0.25, 0.3) is 6.02 Å². The van der Waals surface area contributed by atoms with E-state index < -0.39 is 25.5 Å². The molecule has 0 spiro atoms. The zero-order chi connectivity index (χ0) is 36.8. The molecule has 0 radical (unpaired) electrons. The number of fused-ring (bicyclic) bond motifs is 1. The lowest BCUT2D eigenvalue weighted by Crippen LogP contribution is -2.29. The molecule has 12 heteroatoms. The lowest BCUT2D eigenvalue weighted by atomic mass is 10.00. The molecule has 0 saturated carbocycles. The largest absolute Gasteiger partial charge is 0.490 e. The Morgan fingerprint density at radius 3 is 2.48 bits per heavy atom. The van der Waals surface area contributed by atoms with Crippen molar-refractivity contribution in [3.63, 3.8) is 0 Å². The highest BCUT2D eigenvalue weighted by molar-refractivity contribution is 6.76. The first-order valence-corrected chi connectivity index (χ1v) is 21.1. The van der Waals surface area contributed by atoms with Gasteiger partial charge in [0.05, 0.1) is 30.2 Å². The second kappa shape index (κ2) is 16.0. The van der Waals surface area contributed by atoms with Gasteiger partial charge in [0.1, 0.15) is 29.9 Å². The van der Waals surface area contributed by atoms with Crippen LogP contribution in [0.15, 0.2) is 84.1 Å². The van der Waals surface area contributed by atoms with Gasteiger partial charge >= 0.3 is 0 Å². The fraction of sp³-hybridized carbons (Fsp3) is 0.325. The maximum Gasteiger partial charge on any atom is 0.289 e. The monoisotopic (exact) mass is 723 g/mol. The Kier molecular flexibility index (Phi) is 11.2. The van der Waals surface area contributed by atoms with Crippen molar-refractivity contribution < 1.29 is 27.7 Å². The van der Waals surface area contributed by atoms with Gasteiger partial charge in [-0.15, -0.1) is 0 Å². The van der Waals surface area contributed by atoms with Crippen molar-refractivity contribution in [2.45, 2.75) is 58.8 Å². The van der Waals surface area contributed by atoms with E-state index in [1.54, 1.807) is 18.2 Å². The van der Waals surface area contributed by atoms with Crippen molar-refractivity contribution in [1.82, 2.24) is 9.55 Å². The lowest BCUT2D eigenvalue weighted by molar-refractivity contribution is 0.0899. The summed E-state index contributed by atoms with van der Waals surface area (Å²) in [6.45, 7) is 12.4. The molecule has 1 aliphatic rings. The first-order valence-electron chi connectivity index (χ1n) is 17.4. The molecular formula is C40H43F2N5O4Si. The van der Waals surface area contributed by atoms with Gasteiger partial charge in [-0.1, -0.05) is 56.0 Å². The van der Waals surface area contributed by atoms with Crippen LogP contribution in [0.1, 0.15) is 25.0 Å². The summed E-state index contributed by atoms with van der Waals surface area (Å²) in [7, 11) is -1.32. The summed E-state index contributed by atoms with van der Waals surface area (Å²) < 4.78 is 56.9. The molecule has 3 heterocycles. The normalized spacial score (nSPS) is 14.5. The van der Waals surface area contributed by atoms with Crippen LogP contribution >= 0.6 is 0 Å². The fourth-order valence-corrected chi connectivity index (χ4v) is 6.64. The fourth-order valence-electron chi connectivity index (χ4n) is 5.89. The molecule has 1 atom stereocenters. The van der Waals surface area contributed by atoms with E-state index in [4.69, 9.17) is 18.9 Å². The van der Waals surface area contributed by atoms with Crippen LogP contribution in [0.4, 0.5) is 14.5 Å². The van der Waals surface area contributed by atoms with Crippen molar-refractivity contribution in [3.05, 3.63) is 102 Å². The number of hydrogen-bond acceptors (Lipinski definition) is 8. The van der Waals surface area contributed by atoms with Gasteiger partial charge in [-0.25, -0.2) is 18.8 Å². The number of benzene rings is 3. The molecule has 2 aromatic heterocycles. The maximum atomic E-state index is 15.7. The number of nitriles is 1. The van der Waals surface area contributed by atoms with E-state index >= 15 is 8.78 Å². The number of rotatable bonds is 13. The average molecular weight is 724 g/mol. The van der Waals surface area contributed by atoms with Gasteiger partial charge in [0, 0.05) is 56.4 Å². The van der Waals surface area contributed by atoms with Crippen LogP contribution in [-0.4, -0.2) is 49.5 Å². The molecule has 1 unspecified atom stereocenters. The Hall–Kier alpha value is -5.25. The van der Waals surface area contributed by atoms with E-state index in [1.165, 1.54) is 11.8 Å². The predicted octanol–water partition coefficient (Wildman–Crippen LogP) is 9.40. The van der Waals surface area contributed by atoms with E-state index in [2.05, 4.69) is 53.1 Å². The predicted molar refractivity (Wildman–Crippen MR) is 202 cm³/mol. The average Bonchev–Trinajstić information content (AvgIpc) is 3.48. The Morgan fingerprint density at radius 2 is 1.81 bits per heavy atom. The number of aromatic nitrogens is 2. The third-order valence-corrected chi connectivity index (χ3v) is 10.2. The van der Waals surface area contributed by atoms with Crippen molar-refractivity contribution in [3.8, 4) is 34.4 Å². The van der Waals surface area contributed by atoms with Gasteiger partial charge in [-0.2, -0.15) is 5.26 Å². The highest BCUT2D eigenvalue weighted by Gasteiger charge is 2.23. The summed E-state index contributed by atoms with van der Waals surface area (Å²) in [5, 5.41) is 13.3. The molecule has 270 valence electrons. The maximum absolute atomic E-state index is 15.7. The third-order valence-electron chi connectivity index (χ3n) is 8.50. The van der Waals surface area contributed by atoms with Crippen LogP contribution in [0, 0.1) is 28.9 Å². The quantitative estimate of drug-likeness (QED) is 0.0954. The van der Waals surface area contributed by atoms with E-state index in [9.17, 15) is 5.26 Å². The van der Waals surface area contributed by atoms with Gasteiger partial charge in [-0.05, 0) is 55.6 Å². The summed E-state index contributed by atoms with van der Waals surface area (Å²) >= 11 is 0. The van der Waals surface area contributed by atoms with Crippen molar-refractivity contribution in [2.75, 3.05) is 25.1 Å². The van der Waals surface area contributed by atoms with E-state index in [0.717, 1.165) is 24.6 Å². The first-order chi connectivity index (χ1) is 25.0. The van der Waals surface area contributed by atoms with E-state index in [1.807, 2.05) is 48.9 Å². The third kappa shape index (κ3) is 8.96. The first kappa shape index (κ1) is 36.5. The number of halogens is 2. The minimum absolute atomic E-state index is 0.121. The van der Waals surface area contributed by atoms with Gasteiger partial charge in [0.15, 0.2) is 17.4 Å². The minimum Gasteiger partial charge on any atom is -0.490 e. The van der Waals surface area contributed by atoms with Crippen molar-refractivity contribution in [1.29, 1.82) is 5.26 Å². The Bertz CT molecular complexity index is 2080. The second-order valence-electron chi connectivity index (χ2n) is 14.4. The van der Waals surface area contributed by atoms with Gasteiger partial charge in [0.2, 0.25) is 0 Å². The molecule has 0 fully saturated rings. The molecule has 0 bridgehead atoms. The molecule has 9 nitrogen and oxygen atoms in total. The lowest BCUT2D eigenvalue weighted by Gasteiger charge is -2.23. The summed E-state index contributed by atoms with van der Waals surface area (Å²) in [5.41, 5.74) is 3.51. The van der Waals surface area contributed by atoms with Crippen LogP contribution in [-0.2, 0) is 22.6 Å². The van der Waals surface area contributed by atoms with Gasteiger partial charge < -0.3 is 28.8 Å². The SMILES string of the molecule is CC(C)Oc1ccc(-c2cn(COCC[Si](C)(C)C)c3nccc(Oc4c(F)cc(NC5=NCC(Cc6ccccc6)CO5)cc4F)c23)cc1C#N. The number of ether oxygens (including phenoxy) is 4. The zero-order valence-electron chi connectivity index (χ0n) is 30.1. The van der Waals surface area contributed by atoms with Crippen molar-refractivity contribution in [2.24, 2.45) is 10.9 Å². The second-order valence-corrected chi connectivity index (χ2v) is 20.0. The van der Waals surface area contributed by atoms with Crippen LogP contribution in [0.5, 0.6) is 17.2 Å². The summed E-state index contributed by atoms with van der Waals surface area (Å²) in [6, 6.07) is 22.7. The van der Waals surface area contributed by atoms with Crippen LogP contribution in [0.2, 0.25) is 25.7 Å². The topological polar surface area (TPSA) is 103 Å². The smallest absolute Gasteiger partial charge is 0.289 e. The number of anilines is 1. The molecule has 52 heavy (non-hydrogen) atoms. The molecule has 0 saturated heterocycles. The van der Waals surface area contributed by atoms with Gasteiger partial charge in [-0.3, -0.25) is 0 Å². The molecule has 1 N–H and O–H groups in total. The summed E-state index contributed by atoms with van der Waals surface area (Å²) in [4.78, 5) is 9.07. The van der Waals surface area contributed by atoms with E-state index in [0.29, 0.717) is 53.2 Å². The molecule has 6 rings (SSSR count). The number of hydrogen-bond donors (Lipinski definition) is 1. The number of nitrogens with zero attached hydrogens (tertiary/aromatic N) is 4. The number of pyridine rings is 1. The Balaban J connectivity index is 1.28. The summed E-state index contributed by atoms with van der Waals surface area (Å²) in [6.07, 6.45) is 4.08. The standard InChI is InChI=1S/C40H43F2N5O4Si/c1-26(2)50-35-12-11-29(18-30(35)21-43)32-23-47(25-48-15-16-52(3,4)5)39-37(32)36(13-14-44-39)51-38-33(41)19-31(20-34(38)42)46-40-45-22-28(24-49-40)17-27-9-7-6-8-10-27/h6-14,18-20,23,26,28H,15-17,22,24-25H2,1-5H3,(H,45,46). The highest BCUT2D eigenvalue weighted by Crippen LogP contribution is 2.41. The number of nitrogens with one attached hydrogen (secondary N) is 1. The molecule has 0 amide bonds. The minimum atomic E-state index is -1.32. The zero-order valence-corrected chi connectivity index (χ0v) is 31.1. The summed E-state index contributed by atoms with van der Waals surface area (Å²) in [5.74, 6) is -1.56. The Morgan fingerprint density at radius 1 is 1.04 bits per heavy atom. The highest BCUT2D eigenvalue weighted by atomic mass is 28.3. The number of amidine groups is 1. The molecule has 3 aromatic carbocycles. The molecule has 5 aromatic rings. The van der Waals surface area contributed by atoms with Crippen molar-refractivity contribution >= 4 is 30.8 Å². The molecule has 0 aliphatic carbocycles. The van der Waals surface area contributed by atoms with Crippen LogP contribution in [0.25, 0.3) is 22.2 Å².